The Morgan fingerprint density at radius 2 is 1.92 bits per heavy atom. The van der Waals surface area contributed by atoms with Crippen molar-refractivity contribution in [3.63, 3.8) is 0 Å². The molecule has 5 rings (SSSR count). The Kier molecular flexibility index (Phi) is 6.59. The van der Waals surface area contributed by atoms with Crippen molar-refractivity contribution in [2.24, 2.45) is 0 Å². The third kappa shape index (κ3) is 4.88. The molecular formula is C28H28N6O3. The molecule has 1 saturated heterocycles. The molecule has 2 aromatic heterocycles. The lowest BCUT2D eigenvalue weighted by Crippen LogP contribution is -2.43. The van der Waals surface area contributed by atoms with Crippen LogP contribution in [-0.2, 0) is 4.79 Å². The van der Waals surface area contributed by atoms with Gasteiger partial charge in [-0.2, -0.15) is 5.26 Å². The number of carbonyl (C=O) groups excluding carboxylic acids is 2. The van der Waals surface area contributed by atoms with E-state index in [-0.39, 0.29) is 23.9 Å². The van der Waals surface area contributed by atoms with Gasteiger partial charge in [-0.25, -0.2) is 4.98 Å². The van der Waals surface area contributed by atoms with Crippen molar-refractivity contribution < 1.29 is 14.7 Å². The lowest BCUT2D eigenvalue weighted by Gasteiger charge is -2.39. The number of anilines is 2. The van der Waals surface area contributed by atoms with Gasteiger partial charge in [-0.3, -0.25) is 14.6 Å². The van der Waals surface area contributed by atoms with Gasteiger partial charge in [0.15, 0.2) is 0 Å². The molecule has 9 nitrogen and oxygen atoms in total. The highest BCUT2D eigenvalue weighted by Gasteiger charge is 2.33. The van der Waals surface area contributed by atoms with Crippen LogP contribution in [0.15, 0.2) is 54.9 Å². The predicted octanol–water partition coefficient (Wildman–Crippen LogP) is 3.52. The summed E-state index contributed by atoms with van der Waals surface area (Å²) in [7, 11) is 0. The number of aliphatic hydroxyl groups is 1. The van der Waals surface area contributed by atoms with Crippen molar-refractivity contribution in [3.05, 3.63) is 71.7 Å². The van der Waals surface area contributed by atoms with E-state index in [2.05, 4.69) is 21.4 Å². The van der Waals surface area contributed by atoms with Crippen LogP contribution in [0, 0.1) is 11.3 Å². The van der Waals surface area contributed by atoms with Crippen LogP contribution in [0.5, 0.6) is 0 Å². The summed E-state index contributed by atoms with van der Waals surface area (Å²) >= 11 is 0. The second kappa shape index (κ2) is 9.99. The van der Waals surface area contributed by atoms with Crippen LogP contribution >= 0.6 is 0 Å². The molecule has 0 spiro atoms. The minimum absolute atomic E-state index is 0.0113. The Balaban J connectivity index is 1.45. The van der Waals surface area contributed by atoms with Crippen LogP contribution in [-0.4, -0.2) is 57.0 Å². The fraction of sp³-hybridized carbons (Fsp3) is 0.321. The number of β-amino-alcohol motifs (C(OH)–C–C–N with tert-alkyl or cyclic N) is 1. The second-order valence-electron chi connectivity index (χ2n) is 9.61. The molecule has 3 unspecified atom stereocenters. The molecule has 0 bridgehead atoms. The Hall–Kier alpha value is -4.29. The Morgan fingerprint density at radius 3 is 2.54 bits per heavy atom. The molecule has 1 fully saturated rings. The van der Waals surface area contributed by atoms with Gasteiger partial charge in [0.2, 0.25) is 5.91 Å². The average molecular weight is 497 g/mol. The SMILES string of the molecule is CC(=O)N1c2ccc(-c3ccc(C(=O)N4CCC(O)C4)nc3)cc2C(Nc2ccc(C#N)cn2)CC1C. The van der Waals surface area contributed by atoms with E-state index in [1.807, 2.05) is 36.1 Å². The van der Waals surface area contributed by atoms with Crippen molar-refractivity contribution in [1.82, 2.24) is 14.9 Å². The van der Waals surface area contributed by atoms with Crippen LogP contribution in [0.2, 0.25) is 0 Å². The van der Waals surface area contributed by atoms with E-state index in [0.717, 1.165) is 22.4 Å². The van der Waals surface area contributed by atoms with Crippen molar-refractivity contribution in [3.8, 4) is 17.2 Å². The van der Waals surface area contributed by atoms with E-state index in [4.69, 9.17) is 5.26 Å². The molecule has 0 radical (unpaired) electrons. The maximum atomic E-state index is 12.7. The number of amides is 2. The number of nitrogens with zero attached hydrogens (tertiary/aromatic N) is 5. The number of benzene rings is 1. The first-order chi connectivity index (χ1) is 17.8. The van der Waals surface area contributed by atoms with Crippen molar-refractivity contribution in [2.45, 2.75) is 44.9 Å². The molecule has 0 aliphatic carbocycles. The summed E-state index contributed by atoms with van der Waals surface area (Å²) in [5.41, 5.74) is 4.40. The van der Waals surface area contributed by atoms with Gasteiger partial charge >= 0.3 is 0 Å². The number of pyridine rings is 2. The topological polar surface area (TPSA) is 122 Å². The monoisotopic (exact) mass is 496 g/mol. The third-order valence-corrected chi connectivity index (χ3v) is 7.00. The number of nitrogens with one attached hydrogen (secondary N) is 1. The van der Waals surface area contributed by atoms with Gasteiger partial charge in [0.1, 0.15) is 17.6 Å². The zero-order chi connectivity index (χ0) is 26.1. The van der Waals surface area contributed by atoms with Crippen LogP contribution in [0.3, 0.4) is 0 Å². The summed E-state index contributed by atoms with van der Waals surface area (Å²) < 4.78 is 0. The van der Waals surface area contributed by atoms with Gasteiger partial charge in [0, 0.05) is 49.7 Å². The quantitative estimate of drug-likeness (QED) is 0.567. The number of fused-ring (bicyclic) bond motifs is 1. The molecule has 37 heavy (non-hydrogen) atoms. The molecule has 2 aliphatic heterocycles. The molecule has 3 aromatic rings. The number of aliphatic hydroxyl groups excluding tert-OH is 1. The number of hydrogen-bond donors (Lipinski definition) is 2. The summed E-state index contributed by atoms with van der Waals surface area (Å²) in [4.78, 5) is 37.4. The standard InChI is InChI=1S/C28H28N6O3/c1-17-11-25(32-27-8-3-19(13-29)14-31-27)23-12-20(5-7-26(23)34(17)18(2)35)21-4-6-24(30-15-21)28(37)33-10-9-22(36)16-33/h3-8,12,14-15,17,22,25,36H,9-11,16H2,1-2H3,(H,31,32). The van der Waals surface area contributed by atoms with Crippen molar-refractivity contribution >= 4 is 23.3 Å². The summed E-state index contributed by atoms with van der Waals surface area (Å²) in [5, 5.41) is 22.3. The first-order valence-corrected chi connectivity index (χ1v) is 12.3. The van der Waals surface area contributed by atoms with Crippen molar-refractivity contribution in [1.29, 1.82) is 5.26 Å². The molecule has 2 N–H and O–H groups in total. The second-order valence-corrected chi connectivity index (χ2v) is 9.61. The number of likely N-dealkylation sites (tertiary alicyclic amines) is 1. The minimum atomic E-state index is -0.475. The summed E-state index contributed by atoms with van der Waals surface area (Å²) in [6.07, 6.45) is 4.01. The molecule has 2 amide bonds. The fourth-order valence-electron chi connectivity index (χ4n) is 5.16. The van der Waals surface area contributed by atoms with E-state index in [0.29, 0.717) is 43.0 Å². The van der Waals surface area contributed by atoms with Crippen molar-refractivity contribution in [2.75, 3.05) is 23.3 Å². The highest BCUT2D eigenvalue weighted by Crippen LogP contribution is 2.41. The molecule has 3 atom stereocenters. The first kappa shape index (κ1) is 24.4. The molecule has 4 heterocycles. The van der Waals surface area contributed by atoms with Gasteiger partial charge in [-0.15, -0.1) is 0 Å². The predicted molar refractivity (Wildman–Crippen MR) is 139 cm³/mol. The Bertz CT molecular complexity index is 1370. The highest BCUT2D eigenvalue weighted by molar-refractivity contribution is 5.95. The minimum Gasteiger partial charge on any atom is -0.391 e. The summed E-state index contributed by atoms with van der Waals surface area (Å²) in [6.45, 7) is 4.46. The lowest BCUT2D eigenvalue weighted by molar-refractivity contribution is -0.117. The molecule has 0 saturated carbocycles. The van der Waals surface area contributed by atoms with Gasteiger partial charge < -0.3 is 20.2 Å². The van der Waals surface area contributed by atoms with Gasteiger partial charge in [0.05, 0.1) is 17.7 Å². The van der Waals surface area contributed by atoms with Crippen LogP contribution in [0.25, 0.3) is 11.1 Å². The number of carbonyl (C=O) groups is 2. The van der Waals surface area contributed by atoms with Crippen LogP contribution in [0.1, 0.15) is 54.3 Å². The van der Waals surface area contributed by atoms with E-state index in [1.54, 1.807) is 36.2 Å². The number of hydrogen-bond acceptors (Lipinski definition) is 7. The fourth-order valence-corrected chi connectivity index (χ4v) is 5.16. The first-order valence-electron chi connectivity index (χ1n) is 12.3. The number of rotatable bonds is 4. The van der Waals surface area contributed by atoms with Gasteiger partial charge in [0.25, 0.3) is 5.91 Å². The third-order valence-electron chi connectivity index (χ3n) is 7.00. The number of aromatic nitrogens is 2. The van der Waals surface area contributed by atoms with Crippen LogP contribution in [0.4, 0.5) is 11.5 Å². The lowest BCUT2D eigenvalue weighted by atomic mass is 9.89. The molecule has 188 valence electrons. The van der Waals surface area contributed by atoms with E-state index >= 15 is 0 Å². The Labute approximate surface area is 215 Å². The molecule has 2 aliphatic rings. The number of nitriles is 1. The maximum absolute atomic E-state index is 12.7. The maximum Gasteiger partial charge on any atom is 0.272 e. The smallest absolute Gasteiger partial charge is 0.272 e. The van der Waals surface area contributed by atoms with Gasteiger partial charge in [-0.05, 0) is 61.2 Å². The normalized spacial score (nSPS) is 20.8. The molecule has 9 heteroatoms. The molecular weight excluding hydrogens is 468 g/mol. The van der Waals surface area contributed by atoms with E-state index in [9.17, 15) is 14.7 Å². The largest absolute Gasteiger partial charge is 0.391 e. The average Bonchev–Trinajstić information content (AvgIpc) is 3.34. The zero-order valence-electron chi connectivity index (χ0n) is 20.8. The van der Waals surface area contributed by atoms with Crippen LogP contribution < -0.4 is 10.2 Å². The van der Waals surface area contributed by atoms with E-state index in [1.165, 1.54) is 6.20 Å². The van der Waals surface area contributed by atoms with Gasteiger partial charge in [-0.1, -0.05) is 12.1 Å². The highest BCUT2D eigenvalue weighted by atomic mass is 16.3. The van der Waals surface area contributed by atoms with E-state index < -0.39 is 6.10 Å². The Morgan fingerprint density at radius 1 is 1.11 bits per heavy atom. The summed E-state index contributed by atoms with van der Waals surface area (Å²) in [6, 6.07) is 15.0. The zero-order valence-corrected chi connectivity index (χ0v) is 20.8. The summed E-state index contributed by atoms with van der Waals surface area (Å²) in [5.74, 6) is 0.451. The molecule has 1 aromatic carbocycles.